The zero-order valence-corrected chi connectivity index (χ0v) is 12.8. The number of nitrogens with zero attached hydrogens (tertiary/aromatic N) is 1. The number of rotatable bonds is 2. The Balaban J connectivity index is 2.08. The monoisotopic (exact) mass is 373 g/mol. The average Bonchev–Trinajstić information content (AvgIpc) is 2.46. The predicted octanol–water partition coefficient (Wildman–Crippen LogP) is 4.90. The fourth-order valence-corrected chi connectivity index (χ4v) is 2.64. The molecular weight excluding hydrogens is 361 g/mol. The van der Waals surface area contributed by atoms with E-state index in [4.69, 9.17) is 0 Å². The van der Waals surface area contributed by atoms with E-state index in [1.54, 1.807) is 12.3 Å². The minimum atomic E-state index is 0.248. The SMILES string of the molecule is Oc1ccc2ccccc2c1C=Nc1cccc(I)c1. The van der Waals surface area contributed by atoms with Gasteiger partial charge in [0.1, 0.15) is 5.75 Å². The van der Waals surface area contributed by atoms with E-state index in [0.717, 1.165) is 25.6 Å². The van der Waals surface area contributed by atoms with Crippen molar-refractivity contribution in [2.45, 2.75) is 0 Å². The number of phenolic OH excluding ortho intramolecular Hbond substituents is 1. The van der Waals surface area contributed by atoms with Gasteiger partial charge in [-0.3, -0.25) is 4.99 Å². The van der Waals surface area contributed by atoms with Gasteiger partial charge in [0.05, 0.1) is 5.69 Å². The lowest BCUT2D eigenvalue weighted by molar-refractivity contribution is 0.475. The summed E-state index contributed by atoms with van der Waals surface area (Å²) in [6.07, 6.45) is 1.73. The molecule has 0 bridgehead atoms. The van der Waals surface area contributed by atoms with Crippen molar-refractivity contribution in [3.63, 3.8) is 0 Å². The van der Waals surface area contributed by atoms with E-state index in [0.29, 0.717) is 0 Å². The highest BCUT2D eigenvalue weighted by Crippen LogP contribution is 2.26. The molecule has 0 aliphatic carbocycles. The van der Waals surface area contributed by atoms with Crippen LogP contribution in [0.5, 0.6) is 5.75 Å². The Bertz CT molecular complexity index is 796. The van der Waals surface area contributed by atoms with E-state index in [2.05, 4.69) is 27.6 Å². The topological polar surface area (TPSA) is 32.6 Å². The lowest BCUT2D eigenvalue weighted by Gasteiger charge is -2.04. The lowest BCUT2D eigenvalue weighted by atomic mass is 10.0. The Morgan fingerprint density at radius 3 is 2.65 bits per heavy atom. The predicted molar refractivity (Wildman–Crippen MR) is 92.0 cm³/mol. The normalized spacial score (nSPS) is 11.2. The summed E-state index contributed by atoms with van der Waals surface area (Å²) in [5, 5.41) is 12.1. The van der Waals surface area contributed by atoms with Gasteiger partial charge in [-0.05, 0) is 57.6 Å². The molecule has 0 unspecified atom stereocenters. The molecule has 3 aromatic carbocycles. The lowest BCUT2D eigenvalue weighted by Crippen LogP contribution is -1.85. The number of aliphatic imine (C=N–C) groups is 1. The summed E-state index contributed by atoms with van der Waals surface area (Å²) >= 11 is 2.26. The van der Waals surface area contributed by atoms with Crippen LogP contribution in [0.4, 0.5) is 5.69 Å². The second-order valence-corrected chi connectivity index (χ2v) is 5.70. The number of benzene rings is 3. The van der Waals surface area contributed by atoms with Crippen molar-refractivity contribution >= 4 is 45.3 Å². The molecule has 0 amide bonds. The van der Waals surface area contributed by atoms with Gasteiger partial charge >= 0.3 is 0 Å². The number of halogens is 1. The third kappa shape index (κ3) is 2.67. The van der Waals surface area contributed by atoms with Gasteiger partial charge in [-0.2, -0.15) is 0 Å². The summed E-state index contributed by atoms with van der Waals surface area (Å²) in [6.45, 7) is 0. The fraction of sp³-hybridized carbons (Fsp3) is 0. The summed E-state index contributed by atoms with van der Waals surface area (Å²) < 4.78 is 1.14. The molecule has 0 heterocycles. The van der Waals surface area contributed by atoms with Crippen LogP contribution in [0.25, 0.3) is 10.8 Å². The van der Waals surface area contributed by atoms with E-state index in [1.165, 1.54) is 0 Å². The molecular formula is C17H12INO. The van der Waals surface area contributed by atoms with Crippen molar-refractivity contribution in [2.24, 2.45) is 4.99 Å². The smallest absolute Gasteiger partial charge is 0.124 e. The first-order valence-corrected chi connectivity index (χ1v) is 7.32. The summed E-state index contributed by atoms with van der Waals surface area (Å²) in [7, 11) is 0. The zero-order valence-electron chi connectivity index (χ0n) is 10.6. The highest BCUT2D eigenvalue weighted by molar-refractivity contribution is 14.1. The van der Waals surface area contributed by atoms with Gasteiger partial charge in [0.25, 0.3) is 0 Å². The maximum atomic E-state index is 10.0. The van der Waals surface area contributed by atoms with Crippen LogP contribution >= 0.6 is 22.6 Å². The van der Waals surface area contributed by atoms with Gasteiger partial charge in [0.15, 0.2) is 0 Å². The second-order valence-electron chi connectivity index (χ2n) is 4.46. The van der Waals surface area contributed by atoms with E-state index >= 15 is 0 Å². The number of hydrogen-bond donors (Lipinski definition) is 1. The first-order chi connectivity index (χ1) is 9.74. The first kappa shape index (κ1) is 13.1. The maximum absolute atomic E-state index is 10.0. The van der Waals surface area contributed by atoms with Crippen molar-refractivity contribution < 1.29 is 5.11 Å². The van der Waals surface area contributed by atoms with Gasteiger partial charge in [0, 0.05) is 15.3 Å². The van der Waals surface area contributed by atoms with Crippen LogP contribution in [0.3, 0.4) is 0 Å². The van der Waals surface area contributed by atoms with Crippen molar-refractivity contribution in [1.29, 1.82) is 0 Å². The molecule has 0 aliphatic heterocycles. The van der Waals surface area contributed by atoms with Crippen molar-refractivity contribution in [2.75, 3.05) is 0 Å². The van der Waals surface area contributed by atoms with Gasteiger partial charge in [0.2, 0.25) is 0 Å². The first-order valence-electron chi connectivity index (χ1n) is 6.24. The molecule has 0 spiro atoms. The largest absolute Gasteiger partial charge is 0.507 e. The van der Waals surface area contributed by atoms with Crippen LogP contribution in [0.1, 0.15) is 5.56 Å². The van der Waals surface area contributed by atoms with Crippen LogP contribution in [0.2, 0.25) is 0 Å². The Hall–Kier alpha value is -1.88. The third-order valence-corrected chi connectivity index (χ3v) is 3.77. The molecule has 20 heavy (non-hydrogen) atoms. The molecule has 0 atom stereocenters. The number of fused-ring (bicyclic) bond motifs is 1. The van der Waals surface area contributed by atoms with Gasteiger partial charge in [-0.25, -0.2) is 0 Å². The molecule has 2 nitrogen and oxygen atoms in total. The standard InChI is InChI=1S/C17H12INO/c18-13-5-3-6-14(10-13)19-11-16-15-7-2-1-4-12(15)8-9-17(16)20/h1-11,20H. The van der Waals surface area contributed by atoms with Crippen LogP contribution < -0.4 is 0 Å². The third-order valence-electron chi connectivity index (χ3n) is 3.10. The molecule has 1 N–H and O–H groups in total. The van der Waals surface area contributed by atoms with Crippen molar-refractivity contribution in [1.82, 2.24) is 0 Å². The van der Waals surface area contributed by atoms with Crippen molar-refractivity contribution in [3.8, 4) is 5.75 Å². The highest BCUT2D eigenvalue weighted by atomic mass is 127. The molecule has 0 saturated carbocycles. The molecule has 0 aliphatic rings. The summed E-state index contributed by atoms with van der Waals surface area (Å²) in [5.74, 6) is 0.248. The van der Waals surface area contributed by atoms with Gasteiger partial charge in [-0.15, -0.1) is 0 Å². The minimum Gasteiger partial charge on any atom is -0.507 e. The zero-order chi connectivity index (χ0) is 13.9. The summed E-state index contributed by atoms with van der Waals surface area (Å²) in [5.41, 5.74) is 1.63. The van der Waals surface area contributed by atoms with E-state index in [9.17, 15) is 5.11 Å². The highest BCUT2D eigenvalue weighted by Gasteiger charge is 2.04. The average molecular weight is 373 g/mol. The van der Waals surface area contributed by atoms with Crippen LogP contribution in [0, 0.1) is 3.57 Å². The summed E-state index contributed by atoms with van der Waals surface area (Å²) in [6, 6.07) is 19.5. The summed E-state index contributed by atoms with van der Waals surface area (Å²) in [4.78, 5) is 4.46. The van der Waals surface area contributed by atoms with E-state index in [1.807, 2.05) is 54.6 Å². The van der Waals surface area contributed by atoms with Crippen LogP contribution in [0.15, 0.2) is 65.7 Å². The number of hydrogen-bond acceptors (Lipinski definition) is 2. The molecule has 3 heteroatoms. The maximum Gasteiger partial charge on any atom is 0.124 e. The quantitative estimate of drug-likeness (QED) is 0.503. The number of aromatic hydroxyl groups is 1. The fourth-order valence-electron chi connectivity index (χ4n) is 2.12. The molecule has 98 valence electrons. The van der Waals surface area contributed by atoms with E-state index in [-0.39, 0.29) is 5.75 Å². The minimum absolute atomic E-state index is 0.248. The molecule has 0 aromatic heterocycles. The Morgan fingerprint density at radius 2 is 1.80 bits per heavy atom. The van der Waals surface area contributed by atoms with Crippen LogP contribution in [-0.2, 0) is 0 Å². The van der Waals surface area contributed by atoms with Crippen LogP contribution in [-0.4, -0.2) is 11.3 Å². The Morgan fingerprint density at radius 1 is 0.950 bits per heavy atom. The molecule has 0 fully saturated rings. The second kappa shape index (κ2) is 5.63. The van der Waals surface area contributed by atoms with Gasteiger partial charge in [-0.1, -0.05) is 36.4 Å². The Labute approximate surface area is 130 Å². The molecule has 3 aromatic rings. The van der Waals surface area contributed by atoms with Crippen molar-refractivity contribution in [3.05, 3.63) is 69.8 Å². The number of phenols is 1. The molecule has 0 saturated heterocycles. The molecule has 0 radical (unpaired) electrons. The van der Waals surface area contributed by atoms with E-state index < -0.39 is 0 Å². The van der Waals surface area contributed by atoms with Gasteiger partial charge < -0.3 is 5.11 Å². The molecule has 3 rings (SSSR count). The Kier molecular flexibility index (Phi) is 3.69.